The molecule has 0 amide bonds. The largest absolute Gasteiger partial charge is 0.345 e. The zero-order valence-electron chi connectivity index (χ0n) is 8.88. The van der Waals surface area contributed by atoms with Crippen molar-refractivity contribution in [3.8, 4) is 0 Å². The van der Waals surface area contributed by atoms with Gasteiger partial charge in [0.25, 0.3) is 0 Å². The fourth-order valence-electron chi connectivity index (χ4n) is 2.40. The summed E-state index contributed by atoms with van der Waals surface area (Å²) in [6.45, 7) is 1.45. The molecule has 4 heteroatoms. The van der Waals surface area contributed by atoms with Crippen LogP contribution >= 0.6 is 31.9 Å². The highest BCUT2D eigenvalue weighted by atomic mass is 79.9. The molecule has 0 aromatic carbocycles. The van der Waals surface area contributed by atoms with Gasteiger partial charge in [-0.2, -0.15) is 0 Å². The van der Waals surface area contributed by atoms with Crippen LogP contribution in [0.15, 0.2) is 0 Å². The molecule has 0 aromatic heterocycles. The van der Waals surface area contributed by atoms with Crippen LogP contribution in [-0.4, -0.2) is 28.7 Å². The Kier molecular flexibility index (Phi) is 4.50. The summed E-state index contributed by atoms with van der Waals surface area (Å²) in [4.78, 5) is 0.630. The van der Waals surface area contributed by atoms with Crippen LogP contribution in [0.5, 0.6) is 0 Å². The first-order chi connectivity index (χ1) is 7.26. The molecular formula is C11H18Br2O2. The molecule has 2 rings (SSSR count). The molecule has 1 saturated heterocycles. The van der Waals surface area contributed by atoms with Crippen molar-refractivity contribution in [2.24, 2.45) is 0 Å². The molecule has 15 heavy (non-hydrogen) atoms. The van der Waals surface area contributed by atoms with Crippen LogP contribution in [0.3, 0.4) is 0 Å². The lowest BCUT2D eigenvalue weighted by molar-refractivity contribution is -0.155. The van der Waals surface area contributed by atoms with Gasteiger partial charge in [-0.15, -0.1) is 0 Å². The maximum atomic E-state index is 5.88. The van der Waals surface area contributed by atoms with Gasteiger partial charge in [0.2, 0.25) is 0 Å². The second-order valence-corrected chi connectivity index (χ2v) is 6.56. The van der Waals surface area contributed by atoms with Crippen LogP contribution in [0, 0.1) is 0 Å². The third kappa shape index (κ3) is 2.59. The molecule has 1 saturated carbocycles. The second-order valence-electron chi connectivity index (χ2n) is 4.34. The molecule has 0 radical (unpaired) electrons. The number of alkyl halides is 2. The highest BCUT2D eigenvalue weighted by Crippen LogP contribution is 2.41. The zero-order chi connectivity index (χ0) is 10.7. The highest BCUT2D eigenvalue weighted by Gasteiger charge is 2.48. The molecular weight excluding hydrogens is 324 g/mol. The molecule has 0 bridgehead atoms. The summed E-state index contributed by atoms with van der Waals surface area (Å²) in [5.74, 6) is -0.412. The molecule has 1 heterocycles. The Labute approximate surface area is 108 Å². The zero-order valence-corrected chi connectivity index (χ0v) is 12.1. The van der Waals surface area contributed by atoms with Crippen molar-refractivity contribution in [2.45, 2.75) is 54.0 Å². The van der Waals surface area contributed by atoms with E-state index in [0.29, 0.717) is 9.65 Å². The van der Waals surface area contributed by atoms with Gasteiger partial charge in [-0.3, -0.25) is 0 Å². The van der Waals surface area contributed by atoms with E-state index in [1.54, 1.807) is 0 Å². The Morgan fingerprint density at radius 3 is 1.73 bits per heavy atom. The van der Waals surface area contributed by atoms with Crippen molar-refractivity contribution in [1.29, 1.82) is 0 Å². The van der Waals surface area contributed by atoms with E-state index in [4.69, 9.17) is 9.47 Å². The SMILES string of the molecule is Br[C@H]1CCCCCC[C@H](Br)C12OCCO2. The first kappa shape index (κ1) is 12.3. The number of rotatable bonds is 0. The van der Waals surface area contributed by atoms with E-state index in [2.05, 4.69) is 31.9 Å². The van der Waals surface area contributed by atoms with Gasteiger partial charge in [0.05, 0.1) is 22.9 Å². The highest BCUT2D eigenvalue weighted by molar-refractivity contribution is 9.10. The van der Waals surface area contributed by atoms with Gasteiger partial charge in [-0.05, 0) is 12.8 Å². The van der Waals surface area contributed by atoms with E-state index in [1.807, 2.05) is 0 Å². The Morgan fingerprint density at radius 2 is 1.27 bits per heavy atom. The first-order valence-corrected chi connectivity index (χ1v) is 7.65. The molecule has 2 fully saturated rings. The van der Waals surface area contributed by atoms with Crippen molar-refractivity contribution in [3.05, 3.63) is 0 Å². The van der Waals surface area contributed by atoms with E-state index in [9.17, 15) is 0 Å². The van der Waals surface area contributed by atoms with Crippen LogP contribution < -0.4 is 0 Å². The Balaban J connectivity index is 2.12. The maximum Gasteiger partial charge on any atom is 0.193 e. The maximum absolute atomic E-state index is 5.88. The van der Waals surface area contributed by atoms with Gasteiger partial charge in [0.15, 0.2) is 5.79 Å². The smallest absolute Gasteiger partial charge is 0.193 e. The standard InChI is InChI=1S/C11H18Br2O2/c12-9-5-3-1-2-4-6-10(13)11(9)14-7-8-15-11/h9-10H,1-8H2/t9-,10-/m0/s1. The van der Waals surface area contributed by atoms with Crippen molar-refractivity contribution < 1.29 is 9.47 Å². The number of hydrogen-bond donors (Lipinski definition) is 0. The monoisotopic (exact) mass is 340 g/mol. The fraction of sp³-hybridized carbons (Fsp3) is 1.00. The molecule has 0 aromatic rings. The van der Waals surface area contributed by atoms with Gasteiger partial charge in [0, 0.05) is 0 Å². The van der Waals surface area contributed by atoms with Gasteiger partial charge < -0.3 is 9.47 Å². The molecule has 2 atom stereocenters. The average Bonchev–Trinajstić information content (AvgIpc) is 2.72. The van der Waals surface area contributed by atoms with Gasteiger partial charge in [0.1, 0.15) is 0 Å². The lowest BCUT2D eigenvalue weighted by Crippen LogP contribution is -2.48. The molecule has 2 aliphatic rings. The third-order valence-corrected chi connectivity index (χ3v) is 5.47. The van der Waals surface area contributed by atoms with E-state index in [0.717, 1.165) is 26.1 Å². The van der Waals surface area contributed by atoms with Crippen molar-refractivity contribution in [3.63, 3.8) is 0 Å². The third-order valence-electron chi connectivity index (χ3n) is 3.28. The molecule has 2 nitrogen and oxygen atoms in total. The summed E-state index contributed by atoms with van der Waals surface area (Å²) in [5, 5.41) is 0. The van der Waals surface area contributed by atoms with Gasteiger partial charge in [-0.1, -0.05) is 57.5 Å². The van der Waals surface area contributed by atoms with Crippen LogP contribution in [0.1, 0.15) is 38.5 Å². The van der Waals surface area contributed by atoms with E-state index in [1.165, 1.54) is 25.7 Å². The lowest BCUT2D eigenvalue weighted by Gasteiger charge is -2.36. The van der Waals surface area contributed by atoms with E-state index in [-0.39, 0.29) is 0 Å². The van der Waals surface area contributed by atoms with Gasteiger partial charge in [-0.25, -0.2) is 0 Å². The summed E-state index contributed by atoms with van der Waals surface area (Å²) in [6, 6.07) is 0. The molecule has 1 aliphatic carbocycles. The molecule has 1 spiro atoms. The van der Waals surface area contributed by atoms with Crippen LogP contribution in [0.25, 0.3) is 0 Å². The van der Waals surface area contributed by atoms with Gasteiger partial charge >= 0.3 is 0 Å². The summed E-state index contributed by atoms with van der Waals surface area (Å²) < 4.78 is 11.8. The topological polar surface area (TPSA) is 18.5 Å². The van der Waals surface area contributed by atoms with Crippen LogP contribution in [0.4, 0.5) is 0 Å². The summed E-state index contributed by atoms with van der Waals surface area (Å²) in [5.41, 5.74) is 0. The predicted molar refractivity (Wildman–Crippen MR) is 67.8 cm³/mol. The number of ether oxygens (including phenoxy) is 2. The molecule has 1 aliphatic heterocycles. The normalized spacial score (nSPS) is 37.2. The Morgan fingerprint density at radius 1 is 0.800 bits per heavy atom. The number of hydrogen-bond acceptors (Lipinski definition) is 2. The van der Waals surface area contributed by atoms with Crippen LogP contribution in [-0.2, 0) is 9.47 Å². The van der Waals surface area contributed by atoms with Crippen LogP contribution in [0.2, 0.25) is 0 Å². The van der Waals surface area contributed by atoms with Crippen molar-refractivity contribution in [2.75, 3.05) is 13.2 Å². The fourth-order valence-corrected chi connectivity index (χ4v) is 4.57. The average molecular weight is 342 g/mol. The summed E-state index contributed by atoms with van der Waals surface area (Å²) >= 11 is 7.50. The second kappa shape index (κ2) is 5.48. The van der Waals surface area contributed by atoms with E-state index >= 15 is 0 Å². The molecule has 88 valence electrons. The summed E-state index contributed by atoms with van der Waals surface area (Å²) in [7, 11) is 0. The quantitative estimate of drug-likeness (QED) is 0.626. The summed E-state index contributed by atoms with van der Waals surface area (Å²) in [6.07, 6.45) is 7.48. The predicted octanol–water partition coefficient (Wildman–Crippen LogP) is 3.61. The van der Waals surface area contributed by atoms with Crippen molar-refractivity contribution >= 4 is 31.9 Å². The Hall–Kier alpha value is 0.880. The number of halogens is 2. The minimum atomic E-state index is -0.412. The van der Waals surface area contributed by atoms with E-state index < -0.39 is 5.79 Å². The van der Waals surface area contributed by atoms with Crippen molar-refractivity contribution in [1.82, 2.24) is 0 Å². The Bertz CT molecular complexity index is 189. The minimum absolute atomic E-state index is 0.315. The first-order valence-electron chi connectivity index (χ1n) is 5.82. The lowest BCUT2D eigenvalue weighted by atomic mass is 10.0. The minimum Gasteiger partial charge on any atom is -0.345 e. The molecule has 0 N–H and O–H groups in total. The molecule has 0 unspecified atom stereocenters.